The van der Waals surface area contributed by atoms with E-state index in [4.69, 9.17) is 23.2 Å². The van der Waals surface area contributed by atoms with Gasteiger partial charge in [0.25, 0.3) is 0 Å². The van der Waals surface area contributed by atoms with Gasteiger partial charge < -0.3 is 15.1 Å². The van der Waals surface area contributed by atoms with Crippen LogP contribution in [0.2, 0.25) is 10.0 Å². The summed E-state index contributed by atoms with van der Waals surface area (Å²) in [6, 6.07) is 1.61. The standard InChI is InChI=1S/C11H16Cl2N2O2/c1-11(6-16,7-17)5-15(2)10-9(13)3-8(12)4-14-10/h3-4,16-17H,5-7H2,1-2H3. The van der Waals surface area contributed by atoms with E-state index in [2.05, 4.69) is 4.98 Å². The van der Waals surface area contributed by atoms with Crippen molar-refractivity contribution in [2.75, 3.05) is 31.7 Å². The van der Waals surface area contributed by atoms with E-state index in [1.54, 1.807) is 24.9 Å². The van der Waals surface area contributed by atoms with Gasteiger partial charge in [0.1, 0.15) is 5.82 Å². The predicted molar refractivity (Wildman–Crippen MR) is 69.8 cm³/mol. The normalized spacial score (nSPS) is 11.6. The average molecular weight is 279 g/mol. The Morgan fingerprint density at radius 1 is 1.35 bits per heavy atom. The van der Waals surface area contributed by atoms with Crippen molar-refractivity contribution in [1.82, 2.24) is 4.98 Å². The molecular formula is C11H16Cl2N2O2. The molecule has 0 aliphatic carbocycles. The summed E-state index contributed by atoms with van der Waals surface area (Å²) in [6.45, 7) is 2.00. The molecule has 6 heteroatoms. The summed E-state index contributed by atoms with van der Waals surface area (Å²) in [5, 5.41) is 19.4. The van der Waals surface area contributed by atoms with Gasteiger partial charge in [0.15, 0.2) is 0 Å². The quantitative estimate of drug-likeness (QED) is 0.863. The highest BCUT2D eigenvalue weighted by Gasteiger charge is 2.25. The number of aliphatic hydroxyl groups excluding tert-OH is 2. The van der Waals surface area contributed by atoms with Crippen molar-refractivity contribution in [2.45, 2.75) is 6.92 Å². The van der Waals surface area contributed by atoms with E-state index in [-0.39, 0.29) is 13.2 Å². The van der Waals surface area contributed by atoms with Gasteiger partial charge in [0.2, 0.25) is 0 Å². The maximum Gasteiger partial charge on any atom is 0.147 e. The Morgan fingerprint density at radius 3 is 2.41 bits per heavy atom. The van der Waals surface area contributed by atoms with Crippen LogP contribution in [0.1, 0.15) is 6.92 Å². The molecular weight excluding hydrogens is 263 g/mol. The smallest absolute Gasteiger partial charge is 0.147 e. The number of halogens is 2. The number of aliphatic hydroxyl groups is 2. The summed E-state index contributed by atoms with van der Waals surface area (Å²) in [5.74, 6) is 0.573. The van der Waals surface area contributed by atoms with Crippen LogP contribution >= 0.6 is 23.2 Å². The lowest BCUT2D eigenvalue weighted by atomic mass is 9.92. The molecule has 0 aromatic carbocycles. The number of hydrogen-bond acceptors (Lipinski definition) is 4. The largest absolute Gasteiger partial charge is 0.396 e. The van der Waals surface area contributed by atoms with Gasteiger partial charge in [-0.2, -0.15) is 0 Å². The van der Waals surface area contributed by atoms with E-state index < -0.39 is 5.41 Å². The van der Waals surface area contributed by atoms with Crippen molar-refractivity contribution in [3.8, 4) is 0 Å². The monoisotopic (exact) mass is 278 g/mol. The summed E-state index contributed by atoms with van der Waals surface area (Å²) in [6.07, 6.45) is 1.51. The Kier molecular flexibility index (Phi) is 5.01. The Bertz CT molecular complexity index is 384. The molecule has 0 unspecified atom stereocenters. The summed E-state index contributed by atoms with van der Waals surface area (Å²) in [7, 11) is 1.80. The van der Waals surface area contributed by atoms with Crippen LogP contribution in [0, 0.1) is 5.41 Å². The van der Waals surface area contributed by atoms with Crippen molar-refractivity contribution >= 4 is 29.0 Å². The molecule has 0 aliphatic heterocycles. The summed E-state index contributed by atoms with van der Waals surface area (Å²) in [4.78, 5) is 5.91. The SMILES string of the molecule is CN(CC(C)(CO)CO)c1ncc(Cl)cc1Cl. The first-order valence-corrected chi connectivity index (χ1v) is 5.91. The maximum absolute atomic E-state index is 9.23. The zero-order valence-electron chi connectivity index (χ0n) is 9.82. The van der Waals surface area contributed by atoms with Crippen LogP contribution in [0.3, 0.4) is 0 Å². The second-order valence-electron chi connectivity index (χ2n) is 4.44. The molecule has 0 fully saturated rings. The molecule has 0 atom stereocenters. The fraction of sp³-hybridized carbons (Fsp3) is 0.545. The number of nitrogens with zero attached hydrogens (tertiary/aromatic N) is 2. The van der Waals surface area contributed by atoms with Crippen molar-refractivity contribution < 1.29 is 10.2 Å². The molecule has 17 heavy (non-hydrogen) atoms. The van der Waals surface area contributed by atoms with Gasteiger partial charge in [-0.15, -0.1) is 0 Å². The predicted octanol–water partition coefficient (Wildman–Crippen LogP) is 1.82. The van der Waals surface area contributed by atoms with Gasteiger partial charge >= 0.3 is 0 Å². The van der Waals surface area contributed by atoms with E-state index in [0.717, 1.165) is 0 Å². The van der Waals surface area contributed by atoms with E-state index >= 15 is 0 Å². The van der Waals surface area contributed by atoms with E-state index in [9.17, 15) is 10.2 Å². The molecule has 1 rings (SSSR count). The molecule has 96 valence electrons. The molecule has 0 spiro atoms. The molecule has 0 amide bonds. The summed E-state index contributed by atoms with van der Waals surface area (Å²) < 4.78 is 0. The fourth-order valence-electron chi connectivity index (χ4n) is 1.49. The van der Waals surface area contributed by atoms with Crippen molar-refractivity contribution in [2.24, 2.45) is 5.41 Å². The number of hydrogen-bond donors (Lipinski definition) is 2. The lowest BCUT2D eigenvalue weighted by Crippen LogP contribution is -2.39. The van der Waals surface area contributed by atoms with Crippen molar-refractivity contribution in [3.05, 3.63) is 22.3 Å². The fourth-order valence-corrected chi connectivity index (χ4v) is 2.01. The maximum atomic E-state index is 9.23. The Labute approximate surface area is 111 Å². The number of pyridine rings is 1. The zero-order valence-corrected chi connectivity index (χ0v) is 11.3. The Balaban J connectivity index is 2.86. The minimum absolute atomic E-state index is 0.112. The van der Waals surface area contributed by atoms with Gasteiger partial charge in [0.05, 0.1) is 23.3 Å². The van der Waals surface area contributed by atoms with Crippen LogP contribution in [0.25, 0.3) is 0 Å². The molecule has 1 aromatic rings. The first-order valence-electron chi connectivity index (χ1n) is 5.16. The molecule has 0 aliphatic rings. The third-order valence-corrected chi connectivity index (χ3v) is 3.02. The zero-order chi connectivity index (χ0) is 13.1. The average Bonchev–Trinajstić information content (AvgIpc) is 2.28. The van der Waals surface area contributed by atoms with Gasteiger partial charge in [-0.3, -0.25) is 0 Å². The molecule has 0 saturated heterocycles. The number of rotatable bonds is 5. The Morgan fingerprint density at radius 2 is 1.94 bits per heavy atom. The minimum atomic E-state index is -0.598. The number of aromatic nitrogens is 1. The molecule has 0 saturated carbocycles. The van der Waals surface area contributed by atoms with Gasteiger partial charge in [-0.05, 0) is 6.07 Å². The minimum Gasteiger partial charge on any atom is -0.396 e. The van der Waals surface area contributed by atoms with E-state index in [0.29, 0.717) is 22.4 Å². The van der Waals surface area contributed by atoms with Gasteiger partial charge in [0, 0.05) is 25.2 Å². The highest BCUT2D eigenvalue weighted by atomic mass is 35.5. The number of anilines is 1. The van der Waals surface area contributed by atoms with Crippen LogP contribution in [-0.4, -0.2) is 42.0 Å². The second kappa shape index (κ2) is 5.87. The second-order valence-corrected chi connectivity index (χ2v) is 5.29. The summed E-state index contributed by atoms with van der Waals surface area (Å²) >= 11 is 11.8. The third kappa shape index (κ3) is 3.71. The van der Waals surface area contributed by atoms with Crippen molar-refractivity contribution in [1.29, 1.82) is 0 Å². The lowest BCUT2D eigenvalue weighted by molar-refractivity contribution is 0.0761. The van der Waals surface area contributed by atoms with E-state index in [1.165, 1.54) is 6.20 Å². The molecule has 2 N–H and O–H groups in total. The first kappa shape index (κ1) is 14.5. The first-order chi connectivity index (χ1) is 7.91. The summed E-state index contributed by atoms with van der Waals surface area (Å²) in [5.41, 5.74) is -0.598. The van der Waals surface area contributed by atoms with Gasteiger partial charge in [-0.25, -0.2) is 4.98 Å². The third-order valence-electron chi connectivity index (χ3n) is 2.53. The molecule has 0 bridgehead atoms. The topological polar surface area (TPSA) is 56.6 Å². The van der Waals surface area contributed by atoms with Crippen LogP contribution in [0.15, 0.2) is 12.3 Å². The van der Waals surface area contributed by atoms with Crippen molar-refractivity contribution in [3.63, 3.8) is 0 Å². The highest BCUT2D eigenvalue weighted by Crippen LogP contribution is 2.27. The Hall–Kier alpha value is -0.550. The van der Waals surface area contributed by atoms with Crippen LogP contribution in [-0.2, 0) is 0 Å². The highest BCUT2D eigenvalue weighted by molar-refractivity contribution is 6.35. The van der Waals surface area contributed by atoms with Gasteiger partial charge in [-0.1, -0.05) is 30.1 Å². The van der Waals surface area contributed by atoms with Crippen LogP contribution < -0.4 is 4.90 Å². The van der Waals surface area contributed by atoms with Crippen LogP contribution in [0.5, 0.6) is 0 Å². The van der Waals surface area contributed by atoms with Crippen LogP contribution in [0.4, 0.5) is 5.82 Å². The molecule has 0 radical (unpaired) electrons. The molecule has 4 nitrogen and oxygen atoms in total. The lowest BCUT2D eigenvalue weighted by Gasteiger charge is -2.31. The molecule has 1 heterocycles. The van der Waals surface area contributed by atoms with E-state index in [1.807, 2.05) is 0 Å². The molecule has 1 aromatic heterocycles.